The summed E-state index contributed by atoms with van der Waals surface area (Å²) in [7, 11) is 0. The van der Waals surface area contributed by atoms with Gasteiger partial charge in [0.05, 0.1) is 6.54 Å². The lowest BCUT2D eigenvalue weighted by Crippen LogP contribution is -2.06. The first kappa shape index (κ1) is 9.38. The van der Waals surface area contributed by atoms with Crippen LogP contribution < -0.4 is 11.1 Å². The fourth-order valence-electron chi connectivity index (χ4n) is 1.07. The van der Waals surface area contributed by atoms with Crippen molar-refractivity contribution < 1.29 is 4.52 Å². The van der Waals surface area contributed by atoms with Crippen LogP contribution in [-0.2, 0) is 6.54 Å². The van der Waals surface area contributed by atoms with Gasteiger partial charge in [0.2, 0.25) is 12.3 Å². The molecule has 0 unspecified atom stereocenters. The molecule has 7 heteroatoms. The highest BCUT2D eigenvalue weighted by Gasteiger charge is 2.03. The maximum absolute atomic E-state index is 5.46. The van der Waals surface area contributed by atoms with E-state index >= 15 is 0 Å². The Morgan fingerprint density at radius 3 is 3.07 bits per heavy atom. The molecule has 0 aliphatic heterocycles. The second-order valence-electron chi connectivity index (χ2n) is 2.96. The molecule has 0 aliphatic carbocycles. The lowest BCUT2D eigenvalue weighted by Gasteiger charge is -2.05. The van der Waals surface area contributed by atoms with Crippen molar-refractivity contribution in [3.63, 3.8) is 0 Å². The van der Waals surface area contributed by atoms with Crippen LogP contribution in [0, 0.1) is 6.92 Å². The zero-order valence-corrected chi connectivity index (χ0v) is 8.14. The third-order valence-electron chi connectivity index (χ3n) is 1.81. The molecule has 0 fully saturated rings. The number of hydrogen-bond acceptors (Lipinski definition) is 7. The van der Waals surface area contributed by atoms with Gasteiger partial charge in [-0.25, -0.2) is 4.98 Å². The summed E-state index contributed by atoms with van der Waals surface area (Å²) in [5, 5.41) is 6.70. The molecule has 0 atom stereocenters. The second kappa shape index (κ2) is 3.91. The van der Waals surface area contributed by atoms with Gasteiger partial charge in [-0.2, -0.15) is 9.97 Å². The number of hydrogen-bond donors (Lipinski definition) is 2. The van der Waals surface area contributed by atoms with Crippen molar-refractivity contribution in [3.8, 4) is 0 Å². The van der Waals surface area contributed by atoms with Gasteiger partial charge in [0, 0.05) is 11.8 Å². The van der Waals surface area contributed by atoms with Crippen molar-refractivity contribution in [2.24, 2.45) is 0 Å². The van der Waals surface area contributed by atoms with Gasteiger partial charge in [-0.15, -0.1) is 0 Å². The maximum atomic E-state index is 5.46. The molecular formula is C8H10N6O. The van der Waals surface area contributed by atoms with E-state index in [1.807, 2.05) is 6.92 Å². The van der Waals surface area contributed by atoms with Crippen LogP contribution in [0.5, 0.6) is 0 Å². The van der Waals surface area contributed by atoms with Crippen LogP contribution in [0.2, 0.25) is 0 Å². The van der Waals surface area contributed by atoms with Crippen molar-refractivity contribution in [1.29, 1.82) is 0 Å². The Kier molecular flexibility index (Phi) is 2.44. The number of anilines is 2. The van der Waals surface area contributed by atoms with E-state index in [2.05, 4.69) is 29.9 Å². The third kappa shape index (κ3) is 2.19. The molecule has 0 saturated heterocycles. The maximum Gasteiger partial charge on any atom is 0.221 e. The Labute approximate surface area is 85.7 Å². The van der Waals surface area contributed by atoms with Crippen LogP contribution in [0.25, 0.3) is 0 Å². The Hall–Kier alpha value is -2.18. The molecule has 3 N–H and O–H groups in total. The molecule has 2 aromatic rings. The molecule has 2 heterocycles. The molecule has 0 bridgehead atoms. The van der Waals surface area contributed by atoms with Crippen molar-refractivity contribution in [1.82, 2.24) is 20.1 Å². The predicted octanol–water partition coefficient (Wildman–Crippen LogP) is 0.362. The number of nitrogens with one attached hydrogen (secondary N) is 1. The van der Waals surface area contributed by atoms with Gasteiger partial charge < -0.3 is 15.6 Å². The van der Waals surface area contributed by atoms with Gasteiger partial charge in [-0.3, -0.25) is 0 Å². The summed E-state index contributed by atoms with van der Waals surface area (Å²) in [4.78, 5) is 11.8. The molecule has 15 heavy (non-hydrogen) atoms. The summed E-state index contributed by atoms with van der Waals surface area (Å²) >= 11 is 0. The average Bonchev–Trinajstić information content (AvgIpc) is 2.72. The van der Waals surface area contributed by atoms with Crippen LogP contribution >= 0.6 is 0 Å². The molecule has 78 valence electrons. The summed E-state index contributed by atoms with van der Waals surface area (Å²) in [5.41, 5.74) is 6.37. The highest BCUT2D eigenvalue weighted by molar-refractivity contribution is 5.44. The molecule has 0 saturated carbocycles. The highest BCUT2D eigenvalue weighted by atomic mass is 16.5. The van der Waals surface area contributed by atoms with Crippen LogP contribution in [0.3, 0.4) is 0 Å². The first-order valence-corrected chi connectivity index (χ1v) is 4.34. The smallest absolute Gasteiger partial charge is 0.221 e. The lowest BCUT2D eigenvalue weighted by molar-refractivity contribution is 0.411. The minimum absolute atomic E-state index is 0.233. The van der Waals surface area contributed by atoms with Crippen molar-refractivity contribution in [2.45, 2.75) is 13.5 Å². The Morgan fingerprint density at radius 1 is 1.47 bits per heavy atom. The first-order chi connectivity index (χ1) is 7.25. The monoisotopic (exact) mass is 206 g/mol. The molecule has 0 amide bonds. The molecule has 0 aromatic carbocycles. The van der Waals surface area contributed by atoms with Gasteiger partial charge in [0.15, 0.2) is 5.82 Å². The number of rotatable bonds is 3. The van der Waals surface area contributed by atoms with Crippen molar-refractivity contribution in [2.75, 3.05) is 11.1 Å². The number of nitrogens with zero attached hydrogens (tertiary/aromatic N) is 4. The summed E-state index contributed by atoms with van der Waals surface area (Å²) in [6, 6.07) is 0. The SMILES string of the molecule is Cc1cnc(N)nc1NCc1ncon1. The summed E-state index contributed by atoms with van der Waals surface area (Å²) in [6.45, 7) is 2.33. The second-order valence-corrected chi connectivity index (χ2v) is 2.96. The van der Waals surface area contributed by atoms with E-state index in [0.717, 1.165) is 5.56 Å². The van der Waals surface area contributed by atoms with Crippen LogP contribution in [0.15, 0.2) is 17.1 Å². The molecule has 0 spiro atoms. The minimum Gasteiger partial charge on any atom is -0.368 e. The largest absolute Gasteiger partial charge is 0.368 e. The quantitative estimate of drug-likeness (QED) is 0.747. The standard InChI is InChI=1S/C8H10N6O/c1-5-2-11-8(9)13-7(5)10-3-6-12-4-15-14-6/h2,4H,3H2,1H3,(H3,9,10,11,13). The number of nitrogen functional groups attached to an aromatic ring is 1. The highest BCUT2D eigenvalue weighted by Crippen LogP contribution is 2.11. The minimum atomic E-state index is 0.233. The van der Waals surface area contributed by atoms with E-state index in [4.69, 9.17) is 5.73 Å². The summed E-state index contributed by atoms with van der Waals surface area (Å²) in [6.07, 6.45) is 2.93. The fourth-order valence-corrected chi connectivity index (χ4v) is 1.07. The number of nitrogens with two attached hydrogens (primary N) is 1. The van der Waals surface area contributed by atoms with Crippen molar-refractivity contribution in [3.05, 3.63) is 24.0 Å². The summed E-state index contributed by atoms with van der Waals surface area (Å²) in [5.74, 6) is 1.47. The van der Waals surface area contributed by atoms with Crippen LogP contribution in [-0.4, -0.2) is 20.1 Å². The number of aromatic nitrogens is 4. The summed E-state index contributed by atoms with van der Waals surface area (Å²) < 4.78 is 4.60. The molecule has 2 rings (SSSR count). The van der Waals surface area contributed by atoms with Gasteiger partial charge in [-0.1, -0.05) is 5.16 Å². The van der Waals surface area contributed by atoms with Gasteiger partial charge in [0.25, 0.3) is 0 Å². The van der Waals surface area contributed by atoms with Crippen molar-refractivity contribution >= 4 is 11.8 Å². The fraction of sp³-hybridized carbons (Fsp3) is 0.250. The topological polar surface area (TPSA) is 103 Å². The van der Waals surface area contributed by atoms with E-state index in [-0.39, 0.29) is 5.95 Å². The van der Waals surface area contributed by atoms with Gasteiger partial charge >= 0.3 is 0 Å². The van der Waals surface area contributed by atoms with E-state index in [1.54, 1.807) is 6.20 Å². The first-order valence-electron chi connectivity index (χ1n) is 4.34. The molecule has 7 nitrogen and oxygen atoms in total. The molecular weight excluding hydrogens is 196 g/mol. The Bertz CT molecular complexity index is 440. The lowest BCUT2D eigenvalue weighted by atomic mass is 10.3. The van der Waals surface area contributed by atoms with Crippen LogP contribution in [0.1, 0.15) is 11.4 Å². The third-order valence-corrected chi connectivity index (χ3v) is 1.81. The Morgan fingerprint density at radius 2 is 2.33 bits per heavy atom. The zero-order chi connectivity index (χ0) is 10.7. The number of aryl methyl sites for hydroxylation is 1. The average molecular weight is 206 g/mol. The Balaban J connectivity index is 2.07. The molecule has 0 aliphatic rings. The molecule has 0 radical (unpaired) electrons. The van der Waals surface area contributed by atoms with Gasteiger partial charge in [-0.05, 0) is 6.92 Å². The zero-order valence-electron chi connectivity index (χ0n) is 8.14. The van der Waals surface area contributed by atoms with Crippen LogP contribution in [0.4, 0.5) is 11.8 Å². The van der Waals surface area contributed by atoms with E-state index in [9.17, 15) is 0 Å². The van der Waals surface area contributed by atoms with E-state index in [1.165, 1.54) is 6.39 Å². The predicted molar refractivity (Wildman–Crippen MR) is 52.8 cm³/mol. The van der Waals surface area contributed by atoms with E-state index < -0.39 is 0 Å². The normalized spacial score (nSPS) is 10.2. The van der Waals surface area contributed by atoms with E-state index in [0.29, 0.717) is 18.2 Å². The van der Waals surface area contributed by atoms with Gasteiger partial charge in [0.1, 0.15) is 5.82 Å². The molecule has 2 aromatic heterocycles.